The molecule has 2 atom stereocenters. The summed E-state index contributed by atoms with van der Waals surface area (Å²) in [4.78, 5) is 0. The molecule has 0 fully saturated rings. The fourth-order valence-electron chi connectivity index (χ4n) is 1.98. The lowest BCUT2D eigenvalue weighted by Gasteiger charge is -2.27. The molecule has 2 nitrogen and oxygen atoms in total. The number of rotatable bonds is 8. The maximum Gasteiger partial charge on any atom is 0.0634 e. The fourth-order valence-corrected chi connectivity index (χ4v) is 1.98. The molecule has 0 aliphatic rings. The van der Waals surface area contributed by atoms with Crippen molar-refractivity contribution in [2.24, 2.45) is 11.7 Å². The van der Waals surface area contributed by atoms with Crippen molar-refractivity contribution >= 4 is 0 Å². The van der Waals surface area contributed by atoms with Crippen LogP contribution in [-0.4, -0.2) is 17.3 Å². The Hall–Kier alpha value is -0.0800. The van der Waals surface area contributed by atoms with Gasteiger partial charge in [0.1, 0.15) is 0 Å². The number of aliphatic hydroxyl groups is 1. The van der Waals surface area contributed by atoms with Gasteiger partial charge in [0.25, 0.3) is 0 Å². The maximum absolute atomic E-state index is 10.0. The largest absolute Gasteiger partial charge is 0.390 e. The molecule has 2 heteroatoms. The zero-order valence-electron chi connectivity index (χ0n) is 10.1. The molecular formula is C12H27NO. The lowest BCUT2D eigenvalue weighted by Crippen LogP contribution is -2.30. The number of hydrogen-bond acceptors (Lipinski definition) is 2. The van der Waals surface area contributed by atoms with Crippen LogP contribution in [0.4, 0.5) is 0 Å². The molecule has 0 aromatic rings. The predicted molar refractivity (Wildman–Crippen MR) is 62.2 cm³/mol. The molecule has 0 rings (SSSR count). The Morgan fingerprint density at radius 3 is 2.43 bits per heavy atom. The second kappa shape index (κ2) is 7.24. The molecule has 0 spiro atoms. The van der Waals surface area contributed by atoms with Gasteiger partial charge >= 0.3 is 0 Å². The van der Waals surface area contributed by atoms with Gasteiger partial charge in [-0.15, -0.1) is 0 Å². The zero-order valence-corrected chi connectivity index (χ0v) is 10.1. The molecule has 0 bridgehead atoms. The van der Waals surface area contributed by atoms with Crippen molar-refractivity contribution in [3.63, 3.8) is 0 Å². The second-order valence-corrected chi connectivity index (χ2v) is 4.66. The van der Waals surface area contributed by atoms with Crippen molar-refractivity contribution in [2.45, 2.75) is 64.9 Å². The average molecular weight is 201 g/mol. The summed E-state index contributed by atoms with van der Waals surface area (Å²) in [5.41, 5.74) is 4.92. The summed E-state index contributed by atoms with van der Waals surface area (Å²) >= 11 is 0. The molecule has 0 aliphatic heterocycles. The van der Waals surface area contributed by atoms with E-state index < -0.39 is 5.60 Å². The SMILES string of the molecule is CCCCC(CC)CC(C)(O)CCN. The summed E-state index contributed by atoms with van der Waals surface area (Å²) in [5, 5.41) is 10.0. The van der Waals surface area contributed by atoms with Crippen LogP contribution in [0.5, 0.6) is 0 Å². The Labute approximate surface area is 88.9 Å². The third-order valence-corrected chi connectivity index (χ3v) is 2.95. The van der Waals surface area contributed by atoms with E-state index in [9.17, 15) is 5.11 Å². The first-order chi connectivity index (χ1) is 6.55. The third kappa shape index (κ3) is 6.39. The van der Waals surface area contributed by atoms with Crippen molar-refractivity contribution in [1.82, 2.24) is 0 Å². The van der Waals surface area contributed by atoms with Crippen LogP contribution < -0.4 is 5.73 Å². The smallest absolute Gasteiger partial charge is 0.0634 e. The average Bonchev–Trinajstić information content (AvgIpc) is 2.12. The molecule has 2 unspecified atom stereocenters. The van der Waals surface area contributed by atoms with E-state index in [1.807, 2.05) is 6.92 Å². The minimum absolute atomic E-state index is 0.552. The van der Waals surface area contributed by atoms with Crippen LogP contribution >= 0.6 is 0 Å². The van der Waals surface area contributed by atoms with Crippen molar-refractivity contribution < 1.29 is 5.11 Å². The summed E-state index contributed by atoms with van der Waals surface area (Å²) in [6.07, 6.45) is 6.55. The van der Waals surface area contributed by atoms with Gasteiger partial charge in [-0.25, -0.2) is 0 Å². The number of hydrogen-bond donors (Lipinski definition) is 2. The lowest BCUT2D eigenvalue weighted by atomic mass is 9.85. The molecule has 0 aromatic carbocycles. The number of nitrogens with two attached hydrogens (primary N) is 1. The Bertz CT molecular complexity index is 134. The Balaban J connectivity index is 3.89. The van der Waals surface area contributed by atoms with Gasteiger partial charge in [-0.2, -0.15) is 0 Å². The van der Waals surface area contributed by atoms with Crippen molar-refractivity contribution in [3.8, 4) is 0 Å². The topological polar surface area (TPSA) is 46.2 Å². The molecule has 0 amide bonds. The molecule has 0 saturated carbocycles. The molecule has 14 heavy (non-hydrogen) atoms. The Morgan fingerprint density at radius 2 is 2.00 bits per heavy atom. The highest BCUT2D eigenvalue weighted by molar-refractivity contribution is 4.76. The van der Waals surface area contributed by atoms with E-state index in [-0.39, 0.29) is 0 Å². The number of unbranched alkanes of at least 4 members (excludes halogenated alkanes) is 1. The highest BCUT2D eigenvalue weighted by atomic mass is 16.3. The molecule has 0 aliphatic carbocycles. The van der Waals surface area contributed by atoms with Gasteiger partial charge in [-0.05, 0) is 32.2 Å². The fraction of sp³-hybridized carbons (Fsp3) is 1.00. The summed E-state index contributed by atoms with van der Waals surface area (Å²) in [6, 6.07) is 0. The van der Waals surface area contributed by atoms with Crippen LogP contribution in [0.15, 0.2) is 0 Å². The summed E-state index contributed by atoms with van der Waals surface area (Å²) in [6.45, 7) is 6.91. The quantitative estimate of drug-likeness (QED) is 0.634. The standard InChI is InChI=1S/C12H27NO/c1-4-6-7-11(5-2)10-12(3,14)8-9-13/h11,14H,4-10,13H2,1-3H3. The van der Waals surface area contributed by atoms with Crippen LogP contribution in [0.25, 0.3) is 0 Å². The Kier molecular flexibility index (Phi) is 7.20. The summed E-state index contributed by atoms with van der Waals surface area (Å²) in [7, 11) is 0. The molecule has 3 N–H and O–H groups in total. The minimum atomic E-state index is -0.552. The highest BCUT2D eigenvalue weighted by Crippen LogP contribution is 2.25. The third-order valence-electron chi connectivity index (χ3n) is 2.95. The van der Waals surface area contributed by atoms with E-state index in [0.717, 1.165) is 12.8 Å². The van der Waals surface area contributed by atoms with Crippen LogP contribution in [0.1, 0.15) is 59.3 Å². The first kappa shape index (κ1) is 13.9. The maximum atomic E-state index is 10.0. The molecule has 0 heterocycles. The molecule has 0 aromatic heterocycles. The van der Waals surface area contributed by atoms with Gasteiger partial charge in [0.2, 0.25) is 0 Å². The van der Waals surface area contributed by atoms with E-state index >= 15 is 0 Å². The minimum Gasteiger partial charge on any atom is -0.390 e. The van der Waals surface area contributed by atoms with Gasteiger partial charge in [0.05, 0.1) is 5.60 Å². The normalized spacial score (nSPS) is 17.8. The monoisotopic (exact) mass is 201 g/mol. The first-order valence-corrected chi connectivity index (χ1v) is 5.98. The van der Waals surface area contributed by atoms with Crippen molar-refractivity contribution in [1.29, 1.82) is 0 Å². The van der Waals surface area contributed by atoms with E-state index in [4.69, 9.17) is 5.73 Å². The predicted octanol–water partition coefficient (Wildman–Crippen LogP) is 2.69. The van der Waals surface area contributed by atoms with Crippen molar-refractivity contribution in [3.05, 3.63) is 0 Å². The van der Waals surface area contributed by atoms with Gasteiger partial charge in [0.15, 0.2) is 0 Å². The molecule has 0 saturated heterocycles. The van der Waals surface area contributed by atoms with Crippen LogP contribution in [0.2, 0.25) is 0 Å². The van der Waals surface area contributed by atoms with Crippen LogP contribution in [0, 0.1) is 5.92 Å². The van der Waals surface area contributed by atoms with Gasteiger partial charge in [-0.1, -0.05) is 39.5 Å². The van der Waals surface area contributed by atoms with Crippen LogP contribution in [-0.2, 0) is 0 Å². The van der Waals surface area contributed by atoms with Gasteiger partial charge < -0.3 is 10.8 Å². The highest BCUT2D eigenvalue weighted by Gasteiger charge is 2.23. The Morgan fingerprint density at radius 1 is 1.36 bits per heavy atom. The van der Waals surface area contributed by atoms with Crippen molar-refractivity contribution in [2.75, 3.05) is 6.54 Å². The van der Waals surface area contributed by atoms with E-state index in [1.165, 1.54) is 25.7 Å². The van der Waals surface area contributed by atoms with Gasteiger partial charge in [0, 0.05) is 0 Å². The molecule has 0 radical (unpaired) electrons. The van der Waals surface area contributed by atoms with E-state index in [0.29, 0.717) is 12.5 Å². The van der Waals surface area contributed by atoms with E-state index in [2.05, 4.69) is 13.8 Å². The second-order valence-electron chi connectivity index (χ2n) is 4.66. The zero-order chi connectivity index (χ0) is 11.0. The first-order valence-electron chi connectivity index (χ1n) is 5.98. The van der Waals surface area contributed by atoms with Gasteiger partial charge in [-0.3, -0.25) is 0 Å². The molecule has 86 valence electrons. The lowest BCUT2D eigenvalue weighted by molar-refractivity contribution is 0.0254. The summed E-state index contributed by atoms with van der Waals surface area (Å²) in [5.74, 6) is 0.663. The van der Waals surface area contributed by atoms with Crippen LogP contribution in [0.3, 0.4) is 0 Å². The summed E-state index contributed by atoms with van der Waals surface area (Å²) < 4.78 is 0. The van der Waals surface area contributed by atoms with E-state index in [1.54, 1.807) is 0 Å². The molecular weight excluding hydrogens is 174 g/mol.